The average molecular weight is 432 g/mol. The largest absolute Gasteiger partial charge is 0.476 e. The van der Waals surface area contributed by atoms with Gasteiger partial charge in [0.1, 0.15) is 12.2 Å². The smallest absolute Gasteiger partial charge is 0.372 e. The molecule has 0 atom stereocenters. The number of hydrogen-bond donors (Lipinski definition) is 1. The lowest BCUT2D eigenvalue weighted by molar-refractivity contribution is -0.151. The van der Waals surface area contributed by atoms with Gasteiger partial charge in [-0.3, -0.25) is 9.59 Å². The van der Waals surface area contributed by atoms with Gasteiger partial charge in [0.2, 0.25) is 5.78 Å². The molecule has 0 fully saturated rings. The van der Waals surface area contributed by atoms with Gasteiger partial charge in [0, 0.05) is 6.42 Å². The highest BCUT2D eigenvalue weighted by atomic mass is 16.6. The van der Waals surface area contributed by atoms with Gasteiger partial charge in [-0.1, -0.05) is 91.0 Å². The Kier molecular flexibility index (Phi) is 7.89. The van der Waals surface area contributed by atoms with Crippen molar-refractivity contribution >= 4 is 17.7 Å². The maximum atomic E-state index is 11.9. The second kappa shape index (κ2) is 11.0. The van der Waals surface area contributed by atoms with Crippen molar-refractivity contribution in [3.8, 4) is 0 Å². The maximum Gasteiger partial charge on any atom is 0.372 e. The number of esters is 1. The van der Waals surface area contributed by atoms with Crippen LogP contribution in [0.2, 0.25) is 0 Å². The maximum absolute atomic E-state index is 11.9. The second-order valence-electron chi connectivity index (χ2n) is 7.08. The highest BCUT2D eigenvalue weighted by Crippen LogP contribution is 2.40. The van der Waals surface area contributed by atoms with E-state index < -0.39 is 29.7 Å². The third kappa shape index (κ3) is 5.47. The van der Waals surface area contributed by atoms with Crippen LogP contribution in [-0.4, -0.2) is 36.0 Å². The molecule has 0 bridgehead atoms. The molecule has 6 heteroatoms. The Morgan fingerprint density at radius 3 is 1.50 bits per heavy atom. The SMILES string of the molecule is O=C(CCC(=O)C(=O)O)OCCOC(c1ccccc1)(c1ccccc1)c1ccccc1. The van der Waals surface area contributed by atoms with Crippen molar-refractivity contribution in [2.24, 2.45) is 0 Å². The molecule has 0 aliphatic heterocycles. The van der Waals surface area contributed by atoms with E-state index in [9.17, 15) is 14.4 Å². The Balaban J connectivity index is 1.81. The molecule has 0 amide bonds. The first kappa shape index (κ1) is 22.9. The first-order chi connectivity index (χ1) is 15.5. The van der Waals surface area contributed by atoms with Crippen LogP contribution in [0.4, 0.5) is 0 Å². The summed E-state index contributed by atoms with van der Waals surface area (Å²) >= 11 is 0. The number of carboxylic acid groups (broad SMARTS) is 1. The van der Waals surface area contributed by atoms with Crippen LogP contribution in [0.15, 0.2) is 91.0 Å². The van der Waals surface area contributed by atoms with E-state index in [1.807, 2.05) is 91.0 Å². The Hall–Kier alpha value is -3.77. The zero-order valence-corrected chi connectivity index (χ0v) is 17.5. The Bertz CT molecular complexity index is 935. The highest BCUT2D eigenvalue weighted by Gasteiger charge is 2.37. The van der Waals surface area contributed by atoms with Crippen molar-refractivity contribution in [3.05, 3.63) is 108 Å². The van der Waals surface area contributed by atoms with E-state index in [0.29, 0.717) is 0 Å². The molecular weight excluding hydrogens is 408 g/mol. The molecule has 0 saturated carbocycles. The molecule has 3 aromatic rings. The van der Waals surface area contributed by atoms with E-state index in [1.54, 1.807) is 0 Å². The molecule has 1 N–H and O–H groups in total. The first-order valence-corrected chi connectivity index (χ1v) is 10.3. The summed E-state index contributed by atoms with van der Waals surface area (Å²) < 4.78 is 11.6. The number of rotatable bonds is 11. The zero-order valence-electron chi connectivity index (χ0n) is 17.5. The molecule has 3 rings (SSSR count). The van der Waals surface area contributed by atoms with Crippen LogP contribution >= 0.6 is 0 Å². The lowest BCUT2D eigenvalue weighted by Gasteiger charge is -2.35. The molecule has 0 radical (unpaired) electrons. The van der Waals surface area contributed by atoms with Crippen LogP contribution < -0.4 is 0 Å². The number of ether oxygens (including phenoxy) is 2. The lowest BCUT2D eigenvalue weighted by Crippen LogP contribution is -2.34. The number of aliphatic carboxylic acids is 1. The monoisotopic (exact) mass is 432 g/mol. The third-order valence-electron chi connectivity index (χ3n) is 5.00. The van der Waals surface area contributed by atoms with Gasteiger partial charge in [-0.05, 0) is 16.7 Å². The minimum absolute atomic E-state index is 0.0334. The lowest BCUT2D eigenvalue weighted by atomic mass is 9.80. The van der Waals surface area contributed by atoms with Crippen molar-refractivity contribution in [2.45, 2.75) is 18.4 Å². The molecule has 0 aliphatic rings. The van der Waals surface area contributed by atoms with Gasteiger partial charge < -0.3 is 14.6 Å². The standard InChI is InChI=1S/C26H24O6/c27-23(25(29)30)16-17-24(28)31-18-19-32-26(20-10-4-1-5-11-20,21-12-6-2-7-13-21)22-14-8-3-9-15-22/h1-15H,16-19H2,(H,29,30). The van der Waals surface area contributed by atoms with E-state index in [4.69, 9.17) is 14.6 Å². The van der Waals surface area contributed by atoms with E-state index in [1.165, 1.54) is 0 Å². The van der Waals surface area contributed by atoms with Crippen LogP contribution in [-0.2, 0) is 29.5 Å². The molecule has 6 nitrogen and oxygen atoms in total. The summed E-state index contributed by atoms with van der Waals surface area (Å²) in [5.74, 6) is -3.22. The Labute approximate surface area is 186 Å². The quantitative estimate of drug-likeness (QED) is 0.213. The van der Waals surface area contributed by atoms with Gasteiger partial charge in [0.05, 0.1) is 13.0 Å². The number of carbonyl (C=O) groups is 3. The average Bonchev–Trinajstić information content (AvgIpc) is 2.84. The molecule has 3 aromatic carbocycles. The van der Waals surface area contributed by atoms with Gasteiger partial charge in [0.25, 0.3) is 0 Å². The van der Waals surface area contributed by atoms with Gasteiger partial charge in [-0.15, -0.1) is 0 Å². The Morgan fingerprint density at radius 2 is 1.09 bits per heavy atom. The second-order valence-corrected chi connectivity index (χ2v) is 7.08. The molecule has 0 aromatic heterocycles. The predicted molar refractivity (Wildman–Crippen MR) is 118 cm³/mol. The third-order valence-corrected chi connectivity index (χ3v) is 5.00. The van der Waals surface area contributed by atoms with Crippen LogP contribution in [0.5, 0.6) is 0 Å². The number of benzene rings is 3. The molecule has 0 saturated heterocycles. The Morgan fingerprint density at radius 1 is 0.656 bits per heavy atom. The first-order valence-electron chi connectivity index (χ1n) is 10.3. The number of carbonyl (C=O) groups excluding carboxylic acids is 2. The number of hydrogen-bond acceptors (Lipinski definition) is 5. The van der Waals surface area contributed by atoms with E-state index in [2.05, 4.69) is 0 Å². The number of Topliss-reactive ketones (excluding diaryl/α,β-unsaturated/α-hetero) is 1. The molecule has 0 spiro atoms. The summed E-state index contributed by atoms with van der Waals surface area (Å²) in [4.78, 5) is 33.6. The predicted octanol–water partition coefficient (Wildman–Crippen LogP) is 3.97. The summed E-state index contributed by atoms with van der Waals surface area (Å²) in [6, 6.07) is 29.4. The van der Waals surface area contributed by atoms with Gasteiger partial charge in [0.15, 0.2) is 0 Å². The fraction of sp³-hybridized carbons (Fsp3) is 0.192. The zero-order chi connectivity index (χ0) is 22.8. The summed E-state index contributed by atoms with van der Waals surface area (Å²) in [7, 11) is 0. The van der Waals surface area contributed by atoms with Crippen LogP contribution in [0.3, 0.4) is 0 Å². The van der Waals surface area contributed by atoms with Crippen molar-refractivity contribution < 1.29 is 29.0 Å². The fourth-order valence-electron chi connectivity index (χ4n) is 3.51. The minimum atomic E-state index is -1.56. The fourth-order valence-corrected chi connectivity index (χ4v) is 3.51. The van der Waals surface area contributed by atoms with Gasteiger partial charge in [-0.2, -0.15) is 0 Å². The minimum Gasteiger partial charge on any atom is -0.476 e. The van der Waals surface area contributed by atoms with E-state index in [0.717, 1.165) is 16.7 Å². The number of carboxylic acids is 1. The van der Waals surface area contributed by atoms with Crippen LogP contribution in [0.25, 0.3) is 0 Å². The van der Waals surface area contributed by atoms with Crippen molar-refractivity contribution in [2.75, 3.05) is 13.2 Å². The van der Waals surface area contributed by atoms with E-state index in [-0.39, 0.29) is 19.6 Å². The van der Waals surface area contributed by atoms with Gasteiger partial charge >= 0.3 is 11.9 Å². The van der Waals surface area contributed by atoms with Gasteiger partial charge in [-0.25, -0.2) is 4.79 Å². The molecule has 0 unspecified atom stereocenters. The van der Waals surface area contributed by atoms with Crippen LogP contribution in [0.1, 0.15) is 29.5 Å². The molecular formula is C26H24O6. The summed E-state index contributed by atoms with van der Waals surface area (Å²) in [5.41, 5.74) is 1.86. The summed E-state index contributed by atoms with van der Waals surface area (Å²) in [6.07, 6.45) is -0.677. The highest BCUT2D eigenvalue weighted by molar-refractivity contribution is 6.32. The molecule has 0 aliphatic carbocycles. The summed E-state index contributed by atoms with van der Waals surface area (Å²) in [5, 5.41) is 8.60. The molecule has 32 heavy (non-hydrogen) atoms. The van der Waals surface area contributed by atoms with Crippen molar-refractivity contribution in [3.63, 3.8) is 0 Å². The normalized spacial score (nSPS) is 11.0. The summed E-state index contributed by atoms with van der Waals surface area (Å²) in [6.45, 7) is 0.0612. The molecule has 164 valence electrons. The van der Waals surface area contributed by atoms with Crippen molar-refractivity contribution in [1.82, 2.24) is 0 Å². The van der Waals surface area contributed by atoms with Crippen LogP contribution in [0, 0.1) is 0 Å². The van der Waals surface area contributed by atoms with E-state index >= 15 is 0 Å². The topological polar surface area (TPSA) is 89.9 Å². The number of ketones is 1. The van der Waals surface area contributed by atoms with Crippen molar-refractivity contribution in [1.29, 1.82) is 0 Å². The molecule has 0 heterocycles.